The Bertz CT molecular complexity index is 1030. The highest BCUT2D eigenvalue weighted by molar-refractivity contribution is 8.15. The number of carbonyl (C=O) groups excluding carboxylic acids is 2. The Hall–Kier alpha value is -3.06. The fourth-order valence-corrected chi connectivity index (χ4v) is 4.61. The molecule has 0 N–H and O–H groups in total. The number of ether oxygens (including phenoxy) is 2. The van der Waals surface area contributed by atoms with E-state index in [0.29, 0.717) is 28.8 Å². The molecule has 7 heteroatoms. The van der Waals surface area contributed by atoms with E-state index in [1.165, 1.54) is 18.9 Å². The number of nitrogens with zero attached hydrogens (tertiary/aromatic N) is 2. The summed E-state index contributed by atoms with van der Waals surface area (Å²) in [7, 11) is 1.34. The first-order valence-corrected chi connectivity index (χ1v) is 10.5. The topological polar surface area (TPSA) is 68.2 Å². The van der Waals surface area contributed by atoms with E-state index in [1.54, 1.807) is 11.8 Å². The van der Waals surface area contributed by atoms with Crippen molar-refractivity contribution in [2.45, 2.75) is 31.7 Å². The molecule has 154 valence electrons. The van der Waals surface area contributed by atoms with Crippen molar-refractivity contribution in [3.63, 3.8) is 0 Å². The smallest absolute Gasteiger partial charge is 0.338 e. The number of esters is 1. The van der Waals surface area contributed by atoms with Gasteiger partial charge in [0, 0.05) is 0 Å². The van der Waals surface area contributed by atoms with Crippen molar-refractivity contribution in [1.82, 2.24) is 4.90 Å². The minimum absolute atomic E-state index is 0.0675. The maximum atomic E-state index is 12.8. The average molecular weight is 423 g/mol. The van der Waals surface area contributed by atoms with Gasteiger partial charge in [-0.2, -0.15) is 0 Å². The molecule has 0 bridgehead atoms. The summed E-state index contributed by atoms with van der Waals surface area (Å²) < 4.78 is 10.9. The predicted octanol–water partition coefficient (Wildman–Crippen LogP) is 4.09. The van der Waals surface area contributed by atoms with Gasteiger partial charge in [-0.15, -0.1) is 0 Å². The molecule has 0 radical (unpaired) electrons. The molecule has 2 aliphatic rings. The number of methoxy groups -OCH3 is 1. The van der Waals surface area contributed by atoms with Gasteiger partial charge in [0.2, 0.25) is 5.91 Å². The summed E-state index contributed by atoms with van der Waals surface area (Å²) in [6, 6.07) is 16.8. The third-order valence-electron chi connectivity index (χ3n) is 5.11. The lowest BCUT2D eigenvalue weighted by molar-refractivity contribution is -0.137. The van der Waals surface area contributed by atoms with Crippen molar-refractivity contribution in [3.05, 3.63) is 77.0 Å². The number of carbonyl (C=O) groups is 2. The second-order valence-electron chi connectivity index (χ2n) is 7.10. The van der Waals surface area contributed by atoms with Gasteiger partial charge in [0.1, 0.15) is 12.4 Å². The van der Waals surface area contributed by atoms with Crippen LogP contribution >= 0.6 is 11.8 Å². The quantitative estimate of drug-likeness (QED) is 0.679. The number of amides is 1. The van der Waals surface area contributed by atoms with Gasteiger partial charge in [0.15, 0.2) is 5.17 Å². The zero-order chi connectivity index (χ0) is 21.3. The molecule has 6 nitrogen and oxygen atoms in total. The van der Waals surface area contributed by atoms with Crippen LogP contribution in [0.3, 0.4) is 0 Å². The maximum Gasteiger partial charge on any atom is 0.338 e. The number of rotatable bonds is 5. The van der Waals surface area contributed by atoms with Gasteiger partial charge in [-0.25, -0.2) is 9.79 Å². The summed E-state index contributed by atoms with van der Waals surface area (Å²) in [6.07, 6.45) is 0. The number of hydrogen-bond donors (Lipinski definition) is 0. The predicted molar refractivity (Wildman–Crippen MR) is 116 cm³/mol. The van der Waals surface area contributed by atoms with E-state index in [-0.39, 0.29) is 11.2 Å². The van der Waals surface area contributed by atoms with Gasteiger partial charge < -0.3 is 9.47 Å². The largest absolute Gasteiger partial charge is 0.489 e. The van der Waals surface area contributed by atoms with Crippen molar-refractivity contribution in [2.24, 2.45) is 4.99 Å². The average Bonchev–Trinajstić information content (AvgIpc) is 3.05. The first kappa shape index (κ1) is 20.2. The number of thioether (sulfide) groups is 1. The molecule has 1 amide bonds. The molecule has 2 unspecified atom stereocenters. The molecule has 2 heterocycles. The minimum Gasteiger partial charge on any atom is -0.489 e. The lowest BCUT2D eigenvalue weighted by Gasteiger charge is -2.32. The van der Waals surface area contributed by atoms with Crippen LogP contribution in [0.2, 0.25) is 0 Å². The highest BCUT2D eigenvalue weighted by atomic mass is 32.2. The van der Waals surface area contributed by atoms with Crippen molar-refractivity contribution in [3.8, 4) is 5.75 Å². The summed E-state index contributed by atoms with van der Waals surface area (Å²) in [6.45, 7) is 4.08. The molecule has 4 rings (SSSR count). The first-order chi connectivity index (χ1) is 14.5. The summed E-state index contributed by atoms with van der Waals surface area (Å²) in [5, 5.41) is 0.372. The van der Waals surface area contributed by atoms with Crippen LogP contribution in [0, 0.1) is 0 Å². The van der Waals surface area contributed by atoms with Gasteiger partial charge >= 0.3 is 5.97 Å². The van der Waals surface area contributed by atoms with Crippen molar-refractivity contribution < 1.29 is 19.1 Å². The van der Waals surface area contributed by atoms with Crippen LogP contribution in [0.25, 0.3) is 0 Å². The number of aliphatic imine (C=N–C) groups is 1. The normalized spacial score (nSPS) is 20.7. The fourth-order valence-electron chi connectivity index (χ4n) is 3.58. The van der Waals surface area contributed by atoms with Crippen molar-refractivity contribution >= 4 is 28.8 Å². The molecule has 0 aromatic heterocycles. The van der Waals surface area contributed by atoms with Crippen LogP contribution in [0.5, 0.6) is 5.75 Å². The summed E-state index contributed by atoms with van der Waals surface area (Å²) in [5.74, 6) is 0.159. The Morgan fingerprint density at radius 1 is 1.13 bits per heavy atom. The number of allylic oxidation sites excluding steroid dienone is 1. The third-order valence-corrected chi connectivity index (χ3v) is 6.16. The first-order valence-electron chi connectivity index (χ1n) is 9.63. The van der Waals surface area contributed by atoms with Gasteiger partial charge in [-0.1, -0.05) is 54.2 Å². The fraction of sp³-hybridized carbons (Fsp3) is 0.261. The van der Waals surface area contributed by atoms with Crippen LogP contribution in [0.4, 0.5) is 0 Å². The second-order valence-corrected chi connectivity index (χ2v) is 8.41. The Balaban J connectivity index is 1.63. The lowest BCUT2D eigenvalue weighted by atomic mass is 9.94. The van der Waals surface area contributed by atoms with E-state index < -0.39 is 12.0 Å². The van der Waals surface area contributed by atoms with Gasteiger partial charge in [-0.3, -0.25) is 9.69 Å². The molecular formula is C23H22N2O4S. The molecule has 2 aromatic rings. The molecule has 0 spiro atoms. The Morgan fingerprint density at radius 3 is 2.50 bits per heavy atom. The van der Waals surface area contributed by atoms with Crippen LogP contribution in [-0.2, 0) is 20.9 Å². The minimum atomic E-state index is -0.571. The van der Waals surface area contributed by atoms with E-state index in [1.807, 2.05) is 61.5 Å². The Kier molecular flexibility index (Phi) is 5.63. The van der Waals surface area contributed by atoms with E-state index in [9.17, 15) is 9.59 Å². The molecule has 2 aliphatic heterocycles. The Labute approximate surface area is 179 Å². The second kappa shape index (κ2) is 8.36. The zero-order valence-corrected chi connectivity index (χ0v) is 17.8. The van der Waals surface area contributed by atoms with Crippen LogP contribution < -0.4 is 4.74 Å². The molecule has 30 heavy (non-hydrogen) atoms. The molecule has 2 aromatic carbocycles. The molecule has 1 fully saturated rings. The number of hydrogen-bond acceptors (Lipinski definition) is 6. The summed E-state index contributed by atoms with van der Waals surface area (Å²) >= 11 is 1.41. The van der Waals surface area contributed by atoms with E-state index in [0.717, 1.165) is 11.1 Å². The monoisotopic (exact) mass is 422 g/mol. The molecule has 2 atom stereocenters. The zero-order valence-electron chi connectivity index (χ0n) is 17.0. The third kappa shape index (κ3) is 3.73. The van der Waals surface area contributed by atoms with Crippen LogP contribution in [0.15, 0.2) is 70.9 Å². The number of fused-ring (bicyclic) bond motifs is 1. The van der Waals surface area contributed by atoms with Crippen LogP contribution in [0.1, 0.15) is 31.0 Å². The highest BCUT2D eigenvalue weighted by Crippen LogP contribution is 2.43. The lowest BCUT2D eigenvalue weighted by Crippen LogP contribution is -2.40. The SMILES string of the molecule is COC(=O)C1=C(C)N=C2SC(C)C(=O)N2C1c1ccc(OCc2ccccc2)cc1. The number of amidine groups is 1. The standard InChI is InChI=1S/C23H22N2O4S/c1-14-19(22(27)28-3)20(25-21(26)15(2)30-23(25)24-14)17-9-11-18(12-10-17)29-13-16-7-5-4-6-8-16/h4-12,15,20H,13H2,1-3H3. The maximum absolute atomic E-state index is 12.8. The van der Waals surface area contributed by atoms with Gasteiger partial charge in [-0.05, 0) is 37.1 Å². The molecule has 0 saturated carbocycles. The number of benzene rings is 2. The molecular weight excluding hydrogens is 400 g/mol. The Morgan fingerprint density at radius 2 is 1.83 bits per heavy atom. The van der Waals surface area contributed by atoms with Gasteiger partial charge in [0.25, 0.3) is 0 Å². The van der Waals surface area contributed by atoms with E-state index in [4.69, 9.17) is 9.47 Å². The van der Waals surface area contributed by atoms with Crippen molar-refractivity contribution in [2.75, 3.05) is 7.11 Å². The van der Waals surface area contributed by atoms with E-state index in [2.05, 4.69) is 4.99 Å². The highest BCUT2D eigenvalue weighted by Gasteiger charge is 2.46. The van der Waals surface area contributed by atoms with Crippen LogP contribution in [-0.4, -0.2) is 34.3 Å². The summed E-state index contributed by atoms with van der Waals surface area (Å²) in [4.78, 5) is 31.5. The molecule has 0 aliphatic carbocycles. The van der Waals surface area contributed by atoms with Crippen molar-refractivity contribution in [1.29, 1.82) is 0 Å². The molecule has 1 saturated heterocycles. The van der Waals surface area contributed by atoms with Gasteiger partial charge in [0.05, 0.1) is 29.7 Å². The summed E-state index contributed by atoms with van der Waals surface area (Å²) in [5.41, 5.74) is 2.83. The van der Waals surface area contributed by atoms with E-state index >= 15 is 0 Å².